The van der Waals surface area contributed by atoms with Crippen LogP contribution in [0.3, 0.4) is 0 Å². The maximum atomic E-state index is 6.05. The first-order valence-corrected chi connectivity index (χ1v) is 8.00. The van der Waals surface area contributed by atoms with Crippen LogP contribution in [0.1, 0.15) is 39.5 Å². The Bertz CT molecular complexity index is 103. The Hall–Kier alpha value is 0.177. The molecule has 0 aromatic heterocycles. The van der Waals surface area contributed by atoms with E-state index < -0.39 is 8.32 Å². The van der Waals surface area contributed by atoms with Crippen molar-refractivity contribution in [3.63, 3.8) is 0 Å². The molecule has 1 fully saturated rings. The molecule has 2 heteroatoms. The maximum absolute atomic E-state index is 6.05. The summed E-state index contributed by atoms with van der Waals surface area (Å²) in [5.74, 6) is 0. The van der Waals surface area contributed by atoms with Crippen LogP contribution in [0, 0.1) is 0 Å². The van der Waals surface area contributed by atoms with E-state index in [2.05, 4.69) is 13.8 Å². The molecule has 1 saturated heterocycles. The first-order valence-electron chi connectivity index (χ1n) is 5.47. The topological polar surface area (TPSA) is 9.23 Å². The van der Waals surface area contributed by atoms with Gasteiger partial charge in [-0.3, -0.25) is 0 Å². The summed E-state index contributed by atoms with van der Waals surface area (Å²) in [6.45, 7) is 5.40. The maximum Gasteiger partial charge on any atom is 0.192 e. The molecular weight excluding hydrogens is 164 g/mol. The molecule has 1 heterocycles. The summed E-state index contributed by atoms with van der Waals surface area (Å²) in [5.41, 5.74) is 0. The Morgan fingerprint density at radius 3 is 2.25 bits per heavy atom. The summed E-state index contributed by atoms with van der Waals surface area (Å²) in [7, 11) is -1.18. The first kappa shape index (κ1) is 10.3. The molecule has 1 aliphatic rings. The summed E-state index contributed by atoms with van der Waals surface area (Å²) in [5, 5.41) is 0. The summed E-state index contributed by atoms with van der Waals surface area (Å²) in [6.07, 6.45) is 5.65. The molecule has 0 saturated carbocycles. The molecule has 0 spiro atoms. The van der Waals surface area contributed by atoms with Gasteiger partial charge in [-0.05, 0) is 25.1 Å². The van der Waals surface area contributed by atoms with Crippen molar-refractivity contribution in [2.24, 2.45) is 0 Å². The average Bonchev–Trinajstić information content (AvgIpc) is 2.07. The third kappa shape index (κ3) is 2.59. The molecule has 0 amide bonds. The fraction of sp³-hybridized carbons (Fsp3) is 1.00. The monoisotopic (exact) mass is 186 g/mol. The molecule has 1 aliphatic heterocycles. The lowest BCUT2D eigenvalue weighted by Gasteiger charge is -2.34. The standard InChI is InChI=1S/C10H22OSi/c1-3-8-12(11-4-2)9-6-5-7-10-12/h3-10H2,1-2H3. The zero-order valence-corrected chi connectivity index (χ0v) is 9.57. The van der Waals surface area contributed by atoms with Gasteiger partial charge in [-0.2, -0.15) is 0 Å². The minimum Gasteiger partial charge on any atom is -0.417 e. The van der Waals surface area contributed by atoms with Crippen molar-refractivity contribution in [2.45, 2.75) is 57.7 Å². The van der Waals surface area contributed by atoms with Crippen LogP contribution in [0.4, 0.5) is 0 Å². The van der Waals surface area contributed by atoms with Gasteiger partial charge in [0.05, 0.1) is 0 Å². The van der Waals surface area contributed by atoms with Gasteiger partial charge in [-0.1, -0.05) is 32.6 Å². The molecular formula is C10H22OSi. The van der Waals surface area contributed by atoms with Gasteiger partial charge >= 0.3 is 0 Å². The quantitative estimate of drug-likeness (QED) is 0.610. The highest BCUT2D eigenvalue weighted by molar-refractivity contribution is 6.74. The van der Waals surface area contributed by atoms with Crippen molar-refractivity contribution in [2.75, 3.05) is 6.61 Å². The number of hydrogen-bond acceptors (Lipinski definition) is 1. The Morgan fingerprint density at radius 2 is 1.75 bits per heavy atom. The van der Waals surface area contributed by atoms with E-state index in [1.165, 1.54) is 43.8 Å². The average molecular weight is 186 g/mol. The predicted octanol–water partition coefficient (Wildman–Crippen LogP) is 3.56. The highest BCUT2D eigenvalue weighted by atomic mass is 28.4. The number of rotatable bonds is 4. The van der Waals surface area contributed by atoms with Crippen LogP contribution in [0.15, 0.2) is 0 Å². The largest absolute Gasteiger partial charge is 0.417 e. The van der Waals surface area contributed by atoms with E-state index in [1.807, 2.05) is 0 Å². The van der Waals surface area contributed by atoms with Gasteiger partial charge in [0.15, 0.2) is 8.32 Å². The predicted molar refractivity (Wildman–Crippen MR) is 55.9 cm³/mol. The lowest BCUT2D eigenvalue weighted by Crippen LogP contribution is -2.39. The van der Waals surface area contributed by atoms with Crippen molar-refractivity contribution in [3.05, 3.63) is 0 Å². The van der Waals surface area contributed by atoms with Crippen LogP contribution < -0.4 is 0 Å². The molecule has 72 valence electrons. The molecule has 0 aromatic carbocycles. The van der Waals surface area contributed by atoms with Crippen molar-refractivity contribution >= 4 is 8.32 Å². The van der Waals surface area contributed by atoms with E-state index in [0.29, 0.717) is 0 Å². The molecule has 1 rings (SSSR count). The van der Waals surface area contributed by atoms with Crippen LogP contribution in [-0.4, -0.2) is 14.9 Å². The van der Waals surface area contributed by atoms with E-state index in [4.69, 9.17) is 4.43 Å². The van der Waals surface area contributed by atoms with Gasteiger partial charge in [0.2, 0.25) is 0 Å². The van der Waals surface area contributed by atoms with E-state index in [1.54, 1.807) is 0 Å². The molecule has 0 aromatic rings. The van der Waals surface area contributed by atoms with Gasteiger partial charge in [0.1, 0.15) is 0 Å². The Labute approximate surface area is 77.6 Å². The summed E-state index contributed by atoms with van der Waals surface area (Å²) < 4.78 is 6.05. The Morgan fingerprint density at radius 1 is 1.08 bits per heavy atom. The van der Waals surface area contributed by atoms with Crippen molar-refractivity contribution in [1.29, 1.82) is 0 Å². The second-order valence-electron chi connectivity index (χ2n) is 3.93. The zero-order valence-electron chi connectivity index (χ0n) is 8.57. The summed E-state index contributed by atoms with van der Waals surface area (Å²) >= 11 is 0. The SMILES string of the molecule is CCC[Si]1(OCC)CCCCC1. The minimum absolute atomic E-state index is 0.951. The third-order valence-corrected chi connectivity index (χ3v) is 7.76. The molecule has 0 atom stereocenters. The van der Waals surface area contributed by atoms with E-state index >= 15 is 0 Å². The highest BCUT2D eigenvalue weighted by Gasteiger charge is 2.34. The zero-order chi connectivity index (χ0) is 8.86. The van der Waals surface area contributed by atoms with Gasteiger partial charge < -0.3 is 4.43 Å². The van der Waals surface area contributed by atoms with Crippen LogP contribution >= 0.6 is 0 Å². The van der Waals surface area contributed by atoms with Gasteiger partial charge in [0, 0.05) is 6.61 Å². The van der Waals surface area contributed by atoms with Gasteiger partial charge in [-0.15, -0.1) is 0 Å². The smallest absolute Gasteiger partial charge is 0.192 e. The lowest BCUT2D eigenvalue weighted by molar-refractivity contribution is 0.309. The molecule has 0 unspecified atom stereocenters. The summed E-state index contributed by atoms with van der Waals surface area (Å²) in [6, 6.07) is 4.28. The van der Waals surface area contributed by atoms with Crippen LogP contribution in [0.25, 0.3) is 0 Å². The lowest BCUT2D eigenvalue weighted by atomic mass is 10.3. The minimum atomic E-state index is -1.18. The fourth-order valence-corrected chi connectivity index (χ4v) is 6.92. The van der Waals surface area contributed by atoms with Gasteiger partial charge in [-0.25, -0.2) is 0 Å². The summed E-state index contributed by atoms with van der Waals surface area (Å²) in [4.78, 5) is 0. The van der Waals surface area contributed by atoms with E-state index in [-0.39, 0.29) is 0 Å². The van der Waals surface area contributed by atoms with E-state index in [0.717, 1.165) is 6.61 Å². The fourth-order valence-electron chi connectivity index (χ4n) is 2.42. The Balaban J connectivity index is 2.44. The second-order valence-corrected chi connectivity index (χ2v) is 8.08. The molecule has 0 bridgehead atoms. The first-order chi connectivity index (χ1) is 5.83. The van der Waals surface area contributed by atoms with Gasteiger partial charge in [0.25, 0.3) is 0 Å². The Kier molecular flexibility index (Phi) is 4.30. The van der Waals surface area contributed by atoms with Crippen molar-refractivity contribution < 1.29 is 4.43 Å². The van der Waals surface area contributed by atoms with Crippen molar-refractivity contribution in [1.82, 2.24) is 0 Å². The van der Waals surface area contributed by atoms with Crippen molar-refractivity contribution in [3.8, 4) is 0 Å². The molecule has 0 aliphatic carbocycles. The molecule has 0 radical (unpaired) electrons. The second kappa shape index (κ2) is 5.03. The van der Waals surface area contributed by atoms with Crippen LogP contribution in [-0.2, 0) is 4.43 Å². The normalized spacial score (nSPS) is 22.5. The van der Waals surface area contributed by atoms with E-state index in [9.17, 15) is 0 Å². The van der Waals surface area contributed by atoms with Crippen LogP contribution in [0.5, 0.6) is 0 Å². The molecule has 1 nitrogen and oxygen atoms in total. The third-order valence-electron chi connectivity index (χ3n) is 2.92. The number of hydrogen-bond donors (Lipinski definition) is 0. The molecule has 12 heavy (non-hydrogen) atoms. The molecule has 0 N–H and O–H groups in total. The highest BCUT2D eigenvalue weighted by Crippen LogP contribution is 2.33. The van der Waals surface area contributed by atoms with Crippen LogP contribution in [0.2, 0.25) is 18.1 Å².